The van der Waals surface area contributed by atoms with Gasteiger partial charge in [0, 0.05) is 17.6 Å². The van der Waals surface area contributed by atoms with Crippen LogP contribution >= 0.6 is 15.9 Å². The number of halogens is 2. The van der Waals surface area contributed by atoms with E-state index in [1.807, 2.05) is 29.2 Å². The van der Waals surface area contributed by atoms with Crippen molar-refractivity contribution < 1.29 is 23.5 Å². The Balaban J connectivity index is 1.32. The predicted molar refractivity (Wildman–Crippen MR) is 118 cm³/mol. The Morgan fingerprint density at radius 1 is 1.19 bits per heavy atom. The van der Waals surface area contributed by atoms with Crippen LogP contribution in [0.4, 0.5) is 20.6 Å². The Labute approximate surface area is 188 Å². The van der Waals surface area contributed by atoms with Crippen LogP contribution in [0, 0.1) is 5.82 Å². The van der Waals surface area contributed by atoms with Crippen LogP contribution in [-0.2, 0) is 20.7 Å². The van der Waals surface area contributed by atoms with Gasteiger partial charge in [-0.3, -0.25) is 9.69 Å². The molecule has 2 saturated heterocycles. The molecule has 0 bridgehead atoms. The summed E-state index contributed by atoms with van der Waals surface area (Å²) < 4.78 is 26.2. The van der Waals surface area contributed by atoms with E-state index in [0.29, 0.717) is 37.7 Å². The molecular formula is C22H23BrFN3O4. The van der Waals surface area contributed by atoms with Gasteiger partial charge in [0.1, 0.15) is 11.9 Å². The van der Waals surface area contributed by atoms with Crippen LogP contribution in [0.25, 0.3) is 0 Å². The Hall–Kier alpha value is -2.65. The third-order valence-corrected chi connectivity index (χ3v) is 5.74. The number of anilines is 2. The van der Waals surface area contributed by atoms with Gasteiger partial charge in [-0.15, -0.1) is 0 Å². The van der Waals surface area contributed by atoms with E-state index >= 15 is 0 Å². The molecule has 0 spiro atoms. The van der Waals surface area contributed by atoms with Crippen molar-refractivity contribution >= 4 is 39.3 Å². The zero-order valence-corrected chi connectivity index (χ0v) is 18.4. The fourth-order valence-corrected chi connectivity index (χ4v) is 4.13. The highest BCUT2D eigenvalue weighted by molar-refractivity contribution is 9.10. The van der Waals surface area contributed by atoms with Crippen LogP contribution in [0.3, 0.4) is 0 Å². The summed E-state index contributed by atoms with van der Waals surface area (Å²) in [6.07, 6.45) is -0.816. The summed E-state index contributed by atoms with van der Waals surface area (Å²) in [6.45, 7) is 2.83. The first-order chi connectivity index (χ1) is 15.0. The average Bonchev–Trinajstić information content (AvgIpc) is 3.13. The molecule has 2 aromatic rings. The fourth-order valence-electron chi connectivity index (χ4n) is 3.69. The van der Waals surface area contributed by atoms with Crippen LogP contribution in [0.1, 0.15) is 5.56 Å². The Morgan fingerprint density at radius 2 is 2.00 bits per heavy atom. The van der Waals surface area contributed by atoms with Crippen molar-refractivity contribution in [3.8, 4) is 0 Å². The van der Waals surface area contributed by atoms with Gasteiger partial charge in [0.2, 0.25) is 5.91 Å². The second kappa shape index (κ2) is 9.65. The van der Waals surface area contributed by atoms with E-state index in [9.17, 15) is 14.0 Å². The summed E-state index contributed by atoms with van der Waals surface area (Å²) in [7, 11) is 0. The van der Waals surface area contributed by atoms with Crippen LogP contribution in [0.2, 0.25) is 0 Å². The lowest BCUT2D eigenvalue weighted by Crippen LogP contribution is -2.37. The maximum atomic E-state index is 14.7. The van der Waals surface area contributed by atoms with E-state index in [1.54, 1.807) is 12.1 Å². The lowest BCUT2D eigenvalue weighted by molar-refractivity contribution is -0.120. The summed E-state index contributed by atoms with van der Waals surface area (Å²) >= 11 is 3.38. The summed E-state index contributed by atoms with van der Waals surface area (Å²) in [4.78, 5) is 27.8. The first-order valence-corrected chi connectivity index (χ1v) is 10.9. The molecule has 2 aliphatic rings. The third-order valence-electron chi connectivity index (χ3n) is 5.25. The first-order valence-electron chi connectivity index (χ1n) is 10.1. The minimum Gasteiger partial charge on any atom is -0.442 e. The predicted octanol–water partition coefficient (Wildman–Crippen LogP) is 3.11. The van der Waals surface area contributed by atoms with Gasteiger partial charge in [0.15, 0.2) is 0 Å². The molecular weight excluding hydrogens is 469 g/mol. The van der Waals surface area contributed by atoms with Crippen LogP contribution in [0.15, 0.2) is 46.9 Å². The number of morpholine rings is 1. The number of carbonyl (C=O) groups is 2. The number of benzene rings is 2. The normalized spacial score (nSPS) is 18.8. The Kier molecular flexibility index (Phi) is 6.72. The number of amides is 2. The molecule has 2 aliphatic heterocycles. The van der Waals surface area contributed by atoms with E-state index in [1.165, 1.54) is 11.0 Å². The first kappa shape index (κ1) is 21.6. The molecule has 4 rings (SSSR count). The highest BCUT2D eigenvalue weighted by Gasteiger charge is 2.33. The van der Waals surface area contributed by atoms with Gasteiger partial charge in [0.25, 0.3) is 0 Å². The summed E-state index contributed by atoms with van der Waals surface area (Å²) in [5, 5.41) is 2.80. The molecule has 1 N–H and O–H groups in total. The van der Waals surface area contributed by atoms with Crippen molar-refractivity contribution in [3.63, 3.8) is 0 Å². The zero-order chi connectivity index (χ0) is 21.8. The monoisotopic (exact) mass is 491 g/mol. The molecule has 7 nitrogen and oxygen atoms in total. The smallest absolute Gasteiger partial charge is 0.414 e. The molecule has 2 heterocycles. The van der Waals surface area contributed by atoms with Crippen molar-refractivity contribution in [1.29, 1.82) is 0 Å². The third kappa shape index (κ3) is 5.34. The summed E-state index contributed by atoms with van der Waals surface area (Å²) in [5.74, 6) is -0.550. The van der Waals surface area contributed by atoms with E-state index in [-0.39, 0.29) is 25.4 Å². The number of carbonyl (C=O) groups excluding carboxylic acids is 2. The van der Waals surface area contributed by atoms with Gasteiger partial charge in [-0.2, -0.15) is 0 Å². The van der Waals surface area contributed by atoms with Gasteiger partial charge in [-0.05, 0) is 35.9 Å². The molecule has 0 radical (unpaired) electrons. The summed E-state index contributed by atoms with van der Waals surface area (Å²) in [5.41, 5.74) is 1.81. The van der Waals surface area contributed by atoms with Crippen molar-refractivity contribution in [2.45, 2.75) is 12.5 Å². The van der Waals surface area contributed by atoms with E-state index < -0.39 is 18.0 Å². The number of nitrogens with zero attached hydrogens (tertiary/aromatic N) is 2. The molecule has 0 aliphatic carbocycles. The molecule has 0 aromatic heterocycles. The Morgan fingerprint density at radius 3 is 2.74 bits per heavy atom. The van der Waals surface area contributed by atoms with Crippen LogP contribution in [-0.4, -0.2) is 57.5 Å². The molecule has 2 amide bonds. The number of hydrogen-bond acceptors (Lipinski definition) is 5. The minimum atomic E-state index is -0.551. The molecule has 0 saturated carbocycles. The Bertz CT molecular complexity index is 968. The van der Waals surface area contributed by atoms with E-state index in [0.717, 1.165) is 10.0 Å². The number of nitrogens with one attached hydrogen (secondary N) is 1. The SMILES string of the molecule is O=C(Cc1cccc(Br)c1)NC[C@H]1CN(c2ccc(N3CCOCC3)c(F)c2)C(=O)O1. The summed E-state index contributed by atoms with van der Waals surface area (Å²) in [6, 6.07) is 12.2. The maximum Gasteiger partial charge on any atom is 0.414 e. The van der Waals surface area contributed by atoms with E-state index in [2.05, 4.69) is 21.2 Å². The molecule has 164 valence electrons. The average molecular weight is 492 g/mol. The second-order valence-electron chi connectivity index (χ2n) is 7.46. The van der Waals surface area contributed by atoms with Crippen molar-refractivity contribution in [2.75, 3.05) is 49.2 Å². The second-order valence-corrected chi connectivity index (χ2v) is 8.38. The van der Waals surface area contributed by atoms with Gasteiger partial charge >= 0.3 is 6.09 Å². The molecule has 2 fully saturated rings. The van der Waals surface area contributed by atoms with Crippen LogP contribution in [0.5, 0.6) is 0 Å². The topological polar surface area (TPSA) is 71.1 Å². The minimum absolute atomic E-state index is 0.159. The lowest BCUT2D eigenvalue weighted by atomic mass is 10.1. The largest absolute Gasteiger partial charge is 0.442 e. The number of hydrogen-bond donors (Lipinski definition) is 1. The van der Waals surface area contributed by atoms with Gasteiger partial charge in [0.05, 0.1) is 44.1 Å². The van der Waals surface area contributed by atoms with Crippen LogP contribution < -0.4 is 15.1 Å². The van der Waals surface area contributed by atoms with Crippen molar-refractivity contribution in [3.05, 3.63) is 58.3 Å². The molecule has 1 atom stereocenters. The number of rotatable bonds is 6. The number of cyclic esters (lactones) is 1. The molecule has 0 unspecified atom stereocenters. The standard InChI is InChI=1S/C22H23BrFN3O4/c23-16-3-1-2-15(10-16)11-21(28)25-13-18-14-27(22(29)31-18)17-4-5-20(19(24)12-17)26-6-8-30-9-7-26/h1-5,10,12,18H,6-9,11,13-14H2,(H,25,28)/t18-/m0/s1. The van der Waals surface area contributed by atoms with Crippen molar-refractivity contribution in [1.82, 2.24) is 5.32 Å². The number of ether oxygens (including phenoxy) is 2. The quantitative estimate of drug-likeness (QED) is 0.672. The zero-order valence-electron chi connectivity index (χ0n) is 16.9. The lowest BCUT2D eigenvalue weighted by Gasteiger charge is -2.29. The highest BCUT2D eigenvalue weighted by Crippen LogP contribution is 2.28. The molecule has 9 heteroatoms. The van der Waals surface area contributed by atoms with E-state index in [4.69, 9.17) is 9.47 Å². The highest BCUT2D eigenvalue weighted by atomic mass is 79.9. The van der Waals surface area contributed by atoms with Gasteiger partial charge < -0.3 is 19.7 Å². The molecule has 2 aromatic carbocycles. The van der Waals surface area contributed by atoms with Gasteiger partial charge in [-0.25, -0.2) is 9.18 Å². The fraction of sp³-hybridized carbons (Fsp3) is 0.364. The van der Waals surface area contributed by atoms with Gasteiger partial charge in [-0.1, -0.05) is 28.1 Å². The maximum absolute atomic E-state index is 14.7. The molecule has 31 heavy (non-hydrogen) atoms. The van der Waals surface area contributed by atoms with Crippen molar-refractivity contribution in [2.24, 2.45) is 0 Å².